The predicted octanol–water partition coefficient (Wildman–Crippen LogP) is 1.70. The summed E-state index contributed by atoms with van der Waals surface area (Å²) in [6.07, 6.45) is 3.80. The number of H-pyrrole nitrogens is 1. The van der Waals surface area contributed by atoms with Crippen molar-refractivity contribution in [3.63, 3.8) is 0 Å². The summed E-state index contributed by atoms with van der Waals surface area (Å²) in [5, 5.41) is 0. The average molecular weight is 161 g/mol. The molecule has 2 heterocycles. The maximum atomic E-state index is 5.65. The first-order chi connectivity index (χ1) is 5.77. The van der Waals surface area contributed by atoms with Gasteiger partial charge in [0.15, 0.2) is 0 Å². The molecular formula is C9H11N3. The van der Waals surface area contributed by atoms with Crippen LogP contribution in [0.4, 0.5) is 5.69 Å². The van der Waals surface area contributed by atoms with Crippen LogP contribution in [-0.4, -0.2) is 9.55 Å². The highest BCUT2D eigenvalue weighted by Gasteiger charge is 2.00. The molecule has 2 rings (SSSR count). The Balaban J connectivity index is 2.54. The molecule has 0 saturated carbocycles. The average Bonchev–Trinajstić information content (AvgIpc) is 2.58. The van der Waals surface area contributed by atoms with Crippen molar-refractivity contribution in [2.75, 3.05) is 5.73 Å². The highest BCUT2D eigenvalue weighted by atomic mass is 15.1. The molecule has 0 bridgehead atoms. The standard InChI is InChI=1S/C9H11N3/c1-7-5-8(10)6-12(7)9-3-2-4-11-9/h2-6,11H,10H2,1H3. The summed E-state index contributed by atoms with van der Waals surface area (Å²) in [6, 6.07) is 5.91. The summed E-state index contributed by atoms with van der Waals surface area (Å²) >= 11 is 0. The van der Waals surface area contributed by atoms with Gasteiger partial charge in [0.05, 0.1) is 5.69 Å². The Morgan fingerprint density at radius 3 is 2.83 bits per heavy atom. The third kappa shape index (κ3) is 0.993. The molecule has 0 saturated heterocycles. The minimum absolute atomic E-state index is 0.794. The highest BCUT2D eigenvalue weighted by Crippen LogP contribution is 2.14. The summed E-state index contributed by atoms with van der Waals surface area (Å²) < 4.78 is 2.02. The molecule has 2 aromatic heterocycles. The predicted molar refractivity (Wildman–Crippen MR) is 49.3 cm³/mol. The number of rotatable bonds is 1. The summed E-state index contributed by atoms with van der Waals surface area (Å²) in [7, 11) is 0. The third-order valence-corrected chi connectivity index (χ3v) is 1.87. The minimum Gasteiger partial charge on any atom is -0.397 e. The van der Waals surface area contributed by atoms with Crippen LogP contribution >= 0.6 is 0 Å². The van der Waals surface area contributed by atoms with Crippen LogP contribution < -0.4 is 5.73 Å². The lowest BCUT2D eigenvalue weighted by atomic mass is 10.4. The van der Waals surface area contributed by atoms with Crippen LogP contribution in [-0.2, 0) is 0 Å². The number of aromatic nitrogens is 2. The Kier molecular flexibility index (Phi) is 1.43. The Hall–Kier alpha value is -1.64. The summed E-state index contributed by atoms with van der Waals surface area (Å²) in [4.78, 5) is 3.12. The zero-order chi connectivity index (χ0) is 8.55. The lowest BCUT2D eigenvalue weighted by molar-refractivity contribution is 0.976. The summed E-state index contributed by atoms with van der Waals surface area (Å²) in [5.74, 6) is 1.05. The SMILES string of the molecule is Cc1cc(N)cn1-c1ccc[nH]1. The van der Waals surface area contributed by atoms with Crippen molar-refractivity contribution < 1.29 is 0 Å². The van der Waals surface area contributed by atoms with Gasteiger partial charge in [0, 0.05) is 18.1 Å². The van der Waals surface area contributed by atoms with Gasteiger partial charge in [-0.05, 0) is 25.1 Å². The molecule has 0 aliphatic rings. The molecule has 0 fully saturated rings. The molecule has 0 amide bonds. The van der Waals surface area contributed by atoms with Gasteiger partial charge in [-0.2, -0.15) is 0 Å². The molecule has 3 N–H and O–H groups in total. The first-order valence-electron chi connectivity index (χ1n) is 3.85. The van der Waals surface area contributed by atoms with Crippen molar-refractivity contribution in [3.8, 4) is 5.82 Å². The molecule has 3 heteroatoms. The fourth-order valence-corrected chi connectivity index (χ4v) is 1.33. The van der Waals surface area contributed by atoms with Gasteiger partial charge in [-0.1, -0.05) is 0 Å². The Labute approximate surface area is 70.8 Å². The zero-order valence-electron chi connectivity index (χ0n) is 6.91. The lowest BCUT2D eigenvalue weighted by Crippen LogP contribution is -1.93. The Bertz CT molecular complexity index is 370. The number of nitrogens with zero attached hydrogens (tertiary/aromatic N) is 1. The molecule has 12 heavy (non-hydrogen) atoms. The van der Waals surface area contributed by atoms with Crippen LogP contribution in [0, 0.1) is 6.92 Å². The number of anilines is 1. The van der Waals surface area contributed by atoms with E-state index in [9.17, 15) is 0 Å². The van der Waals surface area contributed by atoms with Crippen LogP contribution in [0.1, 0.15) is 5.69 Å². The second-order valence-corrected chi connectivity index (χ2v) is 2.84. The topological polar surface area (TPSA) is 46.7 Å². The van der Waals surface area contributed by atoms with E-state index < -0.39 is 0 Å². The van der Waals surface area contributed by atoms with Gasteiger partial charge in [-0.25, -0.2) is 0 Å². The second kappa shape index (κ2) is 2.44. The van der Waals surface area contributed by atoms with Gasteiger partial charge < -0.3 is 15.3 Å². The van der Waals surface area contributed by atoms with Gasteiger partial charge in [-0.15, -0.1) is 0 Å². The Morgan fingerprint density at radius 1 is 1.50 bits per heavy atom. The first kappa shape index (κ1) is 7.03. The largest absolute Gasteiger partial charge is 0.397 e. The normalized spacial score (nSPS) is 10.4. The van der Waals surface area contributed by atoms with Crippen LogP contribution in [0.2, 0.25) is 0 Å². The molecule has 2 aromatic rings. The van der Waals surface area contributed by atoms with E-state index in [-0.39, 0.29) is 0 Å². The minimum atomic E-state index is 0.794. The number of hydrogen-bond acceptors (Lipinski definition) is 1. The molecule has 62 valence electrons. The highest BCUT2D eigenvalue weighted by molar-refractivity contribution is 5.43. The van der Waals surface area contributed by atoms with Crippen molar-refractivity contribution in [1.29, 1.82) is 0 Å². The fraction of sp³-hybridized carbons (Fsp3) is 0.111. The molecule has 0 radical (unpaired) electrons. The van der Waals surface area contributed by atoms with E-state index in [4.69, 9.17) is 5.73 Å². The zero-order valence-corrected chi connectivity index (χ0v) is 6.91. The fourth-order valence-electron chi connectivity index (χ4n) is 1.33. The molecule has 0 aliphatic carbocycles. The van der Waals surface area contributed by atoms with E-state index in [2.05, 4.69) is 4.98 Å². The number of aryl methyl sites for hydroxylation is 1. The molecule has 0 aliphatic heterocycles. The van der Waals surface area contributed by atoms with Crippen LogP contribution in [0.25, 0.3) is 5.82 Å². The van der Waals surface area contributed by atoms with Gasteiger partial charge in [0.25, 0.3) is 0 Å². The second-order valence-electron chi connectivity index (χ2n) is 2.84. The molecular weight excluding hydrogens is 150 g/mol. The molecule has 0 atom stereocenters. The van der Waals surface area contributed by atoms with E-state index in [1.165, 1.54) is 0 Å². The van der Waals surface area contributed by atoms with Crippen LogP contribution in [0.5, 0.6) is 0 Å². The number of nitrogen functional groups attached to an aromatic ring is 1. The maximum absolute atomic E-state index is 5.65. The van der Waals surface area contributed by atoms with E-state index >= 15 is 0 Å². The van der Waals surface area contributed by atoms with E-state index in [1.807, 2.05) is 42.1 Å². The van der Waals surface area contributed by atoms with Crippen molar-refractivity contribution in [1.82, 2.24) is 9.55 Å². The van der Waals surface area contributed by atoms with Gasteiger partial charge in [0.2, 0.25) is 0 Å². The Morgan fingerprint density at radius 2 is 2.33 bits per heavy atom. The monoisotopic (exact) mass is 161 g/mol. The summed E-state index contributed by atoms with van der Waals surface area (Å²) in [5.41, 5.74) is 7.58. The lowest BCUT2D eigenvalue weighted by Gasteiger charge is -2.00. The van der Waals surface area contributed by atoms with E-state index in [0.717, 1.165) is 17.2 Å². The first-order valence-corrected chi connectivity index (χ1v) is 3.85. The molecule has 0 spiro atoms. The van der Waals surface area contributed by atoms with E-state index in [1.54, 1.807) is 0 Å². The van der Waals surface area contributed by atoms with Gasteiger partial charge in [-0.3, -0.25) is 0 Å². The van der Waals surface area contributed by atoms with Crippen LogP contribution in [0.3, 0.4) is 0 Å². The van der Waals surface area contributed by atoms with Crippen molar-refractivity contribution in [3.05, 3.63) is 36.3 Å². The summed E-state index contributed by atoms with van der Waals surface area (Å²) in [6.45, 7) is 2.02. The maximum Gasteiger partial charge on any atom is 0.114 e. The quantitative estimate of drug-likeness (QED) is 0.657. The number of nitrogens with one attached hydrogen (secondary N) is 1. The smallest absolute Gasteiger partial charge is 0.114 e. The number of aromatic amines is 1. The van der Waals surface area contributed by atoms with Crippen molar-refractivity contribution in [2.24, 2.45) is 0 Å². The number of hydrogen-bond donors (Lipinski definition) is 2. The molecule has 3 nitrogen and oxygen atoms in total. The molecule has 0 aromatic carbocycles. The van der Waals surface area contributed by atoms with Gasteiger partial charge in [0.1, 0.15) is 5.82 Å². The third-order valence-electron chi connectivity index (χ3n) is 1.87. The van der Waals surface area contributed by atoms with Crippen LogP contribution in [0.15, 0.2) is 30.6 Å². The van der Waals surface area contributed by atoms with E-state index in [0.29, 0.717) is 0 Å². The van der Waals surface area contributed by atoms with Crippen molar-refractivity contribution >= 4 is 5.69 Å². The molecule has 0 unspecified atom stereocenters. The van der Waals surface area contributed by atoms with Gasteiger partial charge >= 0.3 is 0 Å². The van der Waals surface area contributed by atoms with Crippen molar-refractivity contribution in [2.45, 2.75) is 6.92 Å². The number of nitrogens with two attached hydrogens (primary N) is 1.